The second kappa shape index (κ2) is 9.65. The first-order chi connectivity index (χ1) is 3.73. The Morgan fingerprint density at radius 3 is 1.18 bits per heavy atom. The van der Waals surface area contributed by atoms with E-state index in [2.05, 4.69) is 0 Å². The summed E-state index contributed by atoms with van der Waals surface area (Å²) in [4.78, 5) is 8.36. The molecule has 0 bridgehead atoms. The van der Waals surface area contributed by atoms with E-state index >= 15 is 0 Å². The fourth-order valence-electron chi connectivity index (χ4n) is 0. The first-order valence-corrected chi connectivity index (χ1v) is 2.66. The van der Waals surface area contributed by atoms with E-state index < -0.39 is 15.5 Å². The molecule has 11 heavy (non-hydrogen) atoms. The molecule has 8 nitrogen and oxygen atoms in total. The molecule has 0 amide bonds. The molecule has 3 N–H and O–H groups in total. The van der Waals surface area contributed by atoms with Crippen LogP contribution in [0, 0.1) is 10.1 Å². The lowest BCUT2D eigenvalue weighted by atomic mass is 13.1. The van der Waals surface area contributed by atoms with Gasteiger partial charge in [0.2, 0.25) is 0 Å². The van der Waals surface area contributed by atoms with E-state index in [1.807, 2.05) is 0 Å². The number of rotatable bonds is 0. The SMILES string of the molecule is Cl.Cl.O=S(=O)(O)O.O=[N+]([O-])O. The van der Waals surface area contributed by atoms with E-state index in [1.54, 1.807) is 0 Å². The van der Waals surface area contributed by atoms with Crippen LogP contribution in [0.2, 0.25) is 0 Å². The molecular weight excluding hydrogens is 229 g/mol. The molecule has 0 aromatic carbocycles. The Labute approximate surface area is 73.7 Å². The topological polar surface area (TPSA) is 138 Å². The van der Waals surface area contributed by atoms with Gasteiger partial charge >= 0.3 is 10.4 Å². The van der Waals surface area contributed by atoms with Crippen LogP contribution in [0.5, 0.6) is 0 Å². The van der Waals surface area contributed by atoms with Crippen LogP contribution in [0.25, 0.3) is 0 Å². The Balaban J connectivity index is -0.0000000383. The number of nitrogens with zero attached hydrogens (tertiary/aromatic N) is 1. The zero-order valence-electron chi connectivity index (χ0n) is 4.65. The molecule has 0 heterocycles. The van der Waals surface area contributed by atoms with Crippen LogP contribution in [0.3, 0.4) is 0 Å². The lowest BCUT2D eigenvalue weighted by molar-refractivity contribution is -0.742. The lowest BCUT2D eigenvalue weighted by Crippen LogP contribution is -1.89. The van der Waals surface area contributed by atoms with Crippen molar-refractivity contribution in [2.24, 2.45) is 0 Å². The molecule has 0 rings (SSSR count). The smallest absolute Gasteiger partial charge is 0.328 e. The highest BCUT2D eigenvalue weighted by Crippen LogP contribution is 1.59. The summed E-state index contributed by atoms with van der Waals surface area (Å²) in [6.07, 6.45) is 0. The second-order valence-electron chi connectivity index (χ2n) is 0.686. The van der Waals surface area contributed by atoms with Crippen molar-refractivity contribution in [3.63, 3.8) is 0 Å². The molecule has 0 aliphatic carbocycles. The molecule has 11 heteroatoms. The fraction of sp³-hybridized carbons (Fsp3) is 0. The molecule has 0 fully saturated rings. The van der Waals surface area contributed by atoms with E-state index in [0.29, 0.717) is 0 Å². The van der Waals surface area contributed by atoms with Crippen LogP contribution in [0.15, 0.2) is 0 Å². The van der Waals surface area contributed by atoms with Crippen LogP contribution in [-0.4, -0.2) is 27.8 Å². The van der Waals surface area contributed by atoms with Crippen molar-refractivity contribution in [1.29, 1.82) is 0 Å². The number of hydrogen-bond donors (Lipinski definition) is 3. The van der Waals surface area contributed by atoms with Crippen LogP contribution >= 0.6 is 24.8 Å². The van der Waals surface area contributed by atoms with Gasteiger partial charge in [0.15, 0.2) is 0 Å². The summed E-state index contributed by atoms with van der Waals surface area (Å²) in [7, 11) is -4.67. The maximum absolute atomic E-state index is 8.74. The minimum absolute atomic E-state index is 0. The molecule has 0 aliphatic heterocycles. The molecule has 72 valence electrons. The Kier molecular flexibility index (Phi) is 19.7. The number of halogens is 2. The van der Waals surface area contributed by atoms with Gasteiger partial charge in [-0.2, -0.15) is 8.42 Å². The Bertz CT molecular complexity index is 159. The van der Waals surface area contributed by atoms with Crippen molar-refractivity contribution < 1.29 is 27.8 Å². The van der Waals surface area contributed by atoms with Crippen molar-refractivity contribution in [1.82, 2.24) is 0 Å². The average Bonchev–Trinajstić information content (AvgIpc) is 1.19. The van der Waals surface area contributed by atoms with Gasteiger partial charge in [-0.25, -0.2) is 0 Å². The third-order valence-electron chi connectivity index (χ3n) is 0. The molecule has 0 saturated heterocycles. The van der Waals surface area contributed by atoms with E-state index in [1.165, 1.54) is 0 Å². The van der Waals surface area contributed by atoms with E-state index in [9.17, 15) is 0 Å². The molecule has 0 atom stereocenters. The van der Waals surface area contributed by atoms with Gasteiger partial charge in [-0.3, -0.25) is 9.11 Å². The Hall–Kier alpha value is -0.350. The van der Waals surface area contributed by atoms with Crippen molar-refractivity contribution in [2.75, 3.05) is 0 Å². The van der Waals surface area contributed by atoms with E-state index in [4.69, 9.17) is 32.8 Å². The minimum atomic E-state index is -4.67. The Morgan fingerprint density at radius 1 is 1.18 bits per heavy atom. The molecule has 0 aromatic rings. The van der Waals surface area contributed by atoms with Crippen molar-refractivity contribution >= 4 is 35.2 Å². The standard InChI is InChI=1S/2ClH.HNO3.H2O4S/c;;2-1(3)4;1-5(2,3)4/h2*1H;(H,2,3,4);(H2,1,2,3,4). The molecule has 0 radical (unpaired) electrons. The van der Waals surface area contributed by atoms with Gasteiger partial charge in [-0.15, -0.1) is 34.9 Å². The van der Waals surface area contributed by atoms with Crippen molar-refractivity contribution in [3.8, 4) is 0 Å². The van der Waals surface area contributed by atoms with Gasteiger partial charge in [0.25, 0.3) is 5.09 Å². The summed E-state index contributed by atoms with van der Waals surface area (Å²) >= 11 is 0. The van der Waals surface area contributed by atoms with Gasteiger partial charge in [0.1, 0.15) is 0 Å². The van der Waals surface area contributed by atoms with Crippen LogP contribution in [-0.2, 0) is 10.4 Å². The quantitative estimate of drug-likeness (QED) is 0.300. The predicted octanol–water partition coefficient (Wildman–Crippen LogP) is -0.157. The third kappa shape index (κ3) is 4610. The van der Waals surface area contributed by atoms with Crippen LogP contribution in [0.4, 0.5) is 0 Å². The maximum atomic E-state index is 8.74. The summed E-state index contributed by atoms with van der Waals surface area (Å²) in [5.41, 5.74) is 0. The van der Waals surface area contributed by atoms with Crippen LogP contribution < -0.4 is 0 Å². The summed E-state index contributed by atoms with van der Waals surface area (Å²) in [5, 5.41) is 13.6. The summed E-state index contributed by atoms with van der Waals surface area (Å²) in [6, 6.07) is 0. The lowest BCUT2D eigenvalue weighted by Gasteiger charge is -1.68. The van der Waals surface area contributed by atoms with Crippen LogP contribution in [0.1, 0.15) is 0 Å². The summed E-state index contributed by atoms with van der Waals surface area (Å²) in [5.74, 6) is 0. The van der Waals surface area contributed by atoms with Crippen molar-refractivity contribution in [3.05, 3.63) is 10.1 Å². The van der Waals surface area contributed by atoms with E-state index in [0.717, 1.165) is 0 Å². The van der Waals surface area contributed by atoms with Gasteiger partial charge < -0.3 is 5.21 Å². The third-order valence-corrected chi connectivity index (χ3v) is 0. The Morgan fingerprint density at radius 2 is 1.18 bits per heavy atom. The molecular formula is H5Cl2NO7S. The zero-order valence-corrected chi connectivity index (χ0v) is 7.10. The highest BCUT2D eigenvalue weighted by atomic mass is 35.5. The van der Waals surface area contributed by atoms with Crippen molar-refractivity contribution in [2.45, 2.75) is 0 Å². The summed E-state index contributed by atoms with van der Waals surface area (Å²) in [6.45, 7) is 0. The molecule has 0 saturated carbocycles. The second-order valence-corrected chi connectivity index (χ2v) is 1.58. The van der Waals surface area contributed by atoms with E-state index in [-0.39, 0.29) is 24.8 Å². The zero-order chi connectivity index (χ0) is 8.08. The molecule has 0 aliphatic rings. The minimum Gasteiger partial charge on any atom is -0.328 e. The predicted molar refractivity (Wildman–Crippen MR) is 37.5 cm³/mol. The monoisotopic (exact) mass is 233 g/mol. The first kappa shape index (κ1) is 22.4. The highest BCUT2D eigenvalue weighted by Gasteiger charge is 1.84. The van der Waals surface area contributed by atoms with Gasteiger partial charge in [0.05, 0.1) is 0 Å². The summed E-state index contributed by atoms with van der Waals surface area (Å²) < 4.78 is 31.6. The first-order valence-electron chi connectivity index (χ1n) is 1.26. The average molecular weight is 234 g/mol. The molecule has 0 aromatic heterocycles. The fourth-order valence-corrected chi connectivity index (χ4v) is 0. The normalized spacial score (nSPS) is 7.45. The molecule has 0 spiro atoms. The van der Waals surface area contributed by atoms with Gasteiger partial charge in [0, 0.05) is 0 Å². The largest absolute Gasteiger partial charge is 0.394 e. The van der Waals surface area contributed by atoms with Gasteiger partial charge in [-0.1, -0.05) is 0 Å². The molecule has 0 unspecified atom stereocenters. The van der Waals surface area contributed by atoms with Gasteiger partial charge in [-0.05, 0) is 0 Å². The highest BCUT2D eigenvalue weighted by molar-refractivity contribution is 7.79. The maximum Gasteiger partial charge on any atom is 0.394 e. The number of hydrogen-bond acceptors (Lipinski definition) is 4.